The molecule has 1 N–H and O–H groups in total. The van der Waals surface area contributed by atoms with Crippen LogP contribution in [0.4, 0.5) is 11.4 Å². The summed E-state index contributed by atoms with van der Waals surface area (Å²) in [6.45, 7) is 1.94. The molecular weight excluding hydrogens is 324 g/mol. The lowest BCUT2D eigenvalue weighted by molar-refractivity contribution is -0.118. The fraction of sp³-hybridized carbons (Fsp3) is 0.278. The van der Waals surface area contributed by atoms with E-state index in [4.69, 9.17) is 4.74 Å². The molecule has 0 aliphatic carbocycles. The van der Waals surface area contributed by atoms with Crippen LogP contribution >= 0.6 is 0 Å². The molecule has 0 radical (unpaired) electrons. The number of para-hydroxylation sites is 1. The van der Waals surface area contributed by atoms with Crippen molar-refractivity contribution in [2.45, 2.75) is 13.3 Å². The van der Waals surface area contributed by atoms with Crippen LogP contribution in [0.2, 0.25) is 0 Å². The van der Waals surface area contributed by atoms with E-state index in [1.54, 1.807) is 36.8 Å². The molecule has 0 unspecified atom stereocenters. The van der Waals surface area contributed by atoms with Gasteiger partial charge in [0.1, 0.15) is 5.75 Å². The SMILES string of the molecule is CCc1ccccc1NC(=O)COc1cccc(N=S(C)(C)=O)c1. The molecular formula is C18H22N2O3S. The Labute approximate surface area is 143 Å². The predicted molar refractivity (Wildman–Crippen MR) is 98.5 cm³/mol. The summed E-state index contributed by atoms with van der Waals surface area (Å²) in [6.07, 6.45) is 3.98. The molecule has 0 spiro atoms. The van der Waals surface area contributed by atoms with Crippen LogP contribution in [0.25, 0.3) is 0 Å². The molecule has 0 aromatic heterocycles. The van der Waals surface area contributed by atoms with Crippen molar-refractivity contribution in [1.29, 1.82) is 0 Å². The average molecular weight is 346 g/mol. The van der Waals surface area contributed by atoms with E-state index in [9.17, 15) is 9.00 Å². The van der Waals surface area contributed by atoms with Crippen LogP contribution in [-0.2, 0) is 20.9 Å². The van der Waals surface area contributed by atoms with Gasteiger partial charge >= 0.3 is 0 Å². The van der Waals surface area contributed by atoms with E-state index >= 15 is 0 Å². The van der Waals surface area contributed by atoms with Gasteiger partial charge in [0, 0.05) is 34.0 Å². The van der Waals surface area contributed by atoms with Crippen molar-refractivity contribution in [3.63, 3.8) is 0 Å². The third-order valence-electron chi connectivity index (χ3n) is 3.19. The first-order chi connectivity index (χ1) is 11.4. The number of amides is 1. The first kappa shape index (κ1) is 18.0. The van der Waals surface area contributed by atoms with E-state index in [0.29, 0.717) is 11.4 Å². The number of benzene rings is 2. The van der Waals surface area contributed by atoms with E-state index in [1.165, 1.54) is 0 Å². The Balaban J connectivity index is 1.99. The summed E-state index contributed by atoms with van der Waals surface area (Å²) in [6, 6.07) is 14.6. The van der Waals surface area contributed by atoms with Crippen LogP contribution in [0.15, 0.2) is 52.9 Å². The number of hydrogen-bond acceptors (Lipinski definition) is 4. The highest BCUT2D eigenvalue weighted by molar-refractivity contribution is 7.92. The zero-order valence-corrected chi connectivity index (χ0v) is 14.9. The van der Waals surface area contributed by atoms with Crippen molar-refractivity contribution >= 4 is 27.0 Å². The third-order valence-corrected chi connectivity index (χ3v) is 3.84. The number of aryl methyl sites for hydroxylation is 1. The standard InChI is InChI=1S/C18H22N2O3S/c1-4-14-8-5-6-11-17(14)19-18(21)13-23-16-10-7-9-15(12-16)20-24(2,3)22/h5-12H,4,13H2,1-3H3,(H,19,21). The molecule has 0 aliphatic rings. The molecule has 1 amide bonds. The first-order valence-electron chi connectivity index (χ1n) is 7.65. The van der Waals surface area contributed by atoms with E-state index in [0.717, 1.165) is 17.7 Å². The van der Waals surface area contributed by atoms with Crippen LogP contribution in [0, 0.1) is 0 Å². The smallest absolute Gasteiger partial charge is 0.262 e. The monoisotopic (exact) mass is 346 g/mol. The Morgan fingerprint density at radius 1 is 1.17 bits per heavy atom. The molecule has 0 bridgehead atoms. The van der Waals surface area contributed by atoms with Gasteiger partial charge in [-0.3, -0.25) is 4.79 Å². The second kappa shape index (κ2) is 7.97. The highest BCUT2D eigenvalue weighted by Gasteiger charge is 2.07. The number of carbonyl (C=O) groups excluding carboxylic acids is 1. The van der Waals surface area contributed by atoms with E-state index in [1.807, 2.05) is 31.2 Å². The quantitative estimate of drug-likeness (QED) is 0.868. The predicted octanol–water partition coefficient (Wildman–Crippen LogP) is 3.63. The van der Waals surface area contributed by atoms with Gasteiger partial charge in [-0.05, 0) is 30.2 Å². The zero-order valence-electron chi connectivity index (χ0n) is 14.1. The topological polar surface area (TPSA) is 67.8 Å². The molecule has 0 heterocycles. The van der Waals surface area contributed by atoms with Gasteiger partial charge in [0.2, 0.25) is 0 Å². The molecule has 0 saturated carbocycles. The molecule has 24 heavy (non-hydrogen) atoms. The number of nitrogens with one attached hydrogen (secondary N) is 1. The van der Waals surface area contributed by atoms with Crippen molar-refractivity contribution in [2.24, 2.45) is 4.36 Å². The minimum Gasteiger partial charge on any atom is -0.484 e. The number of carbonyl (C=O) groups is 1. The minimum absolute atomic E-state index is 0.102. The Morgan fingerprint density at radius 2 is 1.92 bits per heavy atom. The number of ether oxygens (including phenoxy) is 1. The maximum Gasteiger partial charge on any atom is 0.262 e. The van der Waals surface area contributed by atoms with Gasteiger partial charge in [0.15, 0.2) is 6.61 Å². The first-order valence-corrected chi connectivity index (χ1v) is 9.98. The average Bonchev–Trinajstić information content (AvgIpc) is 2.52. The Kier molecular flexibility index (Phi) is 5.98. The minimum atomic E-state index is -2.23. The lowest BCUT2D eigenvalue weighted by atomic mass is 10.1. The normalized spacial score (nSPS) is 11.0. The summed E-state index contributed by atoms with van der Waals surface area (Å²) in [5, 5.41) is 2.85. The molecule has 0 atom stereocenters. The van der Waals surface area contributed by atoms with Crippen molar-refractivity contribution in [3.8, 4) is 5.75 Å². The highest BCUT2D eigenvalue weighted by atomic mass is 32.2. The summed E-state index contributed by atoms with van der Waals surface area (Å²) in [5.41, 5.74) is 2.44. The maximum atomic E-state index is 12.1. The summed E-state index contributed by atoms with van der Waals surface area (Å²) in [4.78, 5) is 12.1. The number of hydrogen-bond donors (Lipinski definition) is 1. The van der Waals surface area contributed by atoms with Gasteiger partial charge in [-0.1, -0.05) is 31.2 Å². The van der Waals surface area contributed by atoms with Crippen LogP contribution < -0.4 is 10.1 Å². The molecule has 5 nitrogen and oxygen atoms in total. The third kappa shape index (κ3) is 5.70. The Hall–Kier alpha value is -2.34. The Morgan fingerprint density at radius 3 is 2.62 bits per heavy atom. The molecule has 2 aromatic carbocycles. The largest absolute Gasteiger partial charge is 0.484 e. The molecule has 2 aromatic rings. The fourth-order valence-corrected chi connectivity index (χ4v) is 2.79. The lowest BCUT2D eigenvalue weighted by Gasteiger charge is -2.10. The number of nitrogens with zero attached hydrogens (tertiary/aromatic N) is 1. The molecule has 6 heteroatoms. The van der Waals surface area contributed by atoms with Gasteiger partial charge in [-0.15, -0.1) is 0 Å². The summed E-state index contributed by atoms with van der Waals surface area (Å²) in [7, 11) is -2.23. The van der Waals surface area contributed by atoms with Gasteiger partial charge in [-0.25, -0.2) is 4.21 Å². The van der Waals surface area contributed by atoms with Crippen LogP contribution in [-0.4, -0.2) is 29.2 Å². The van der Waals surface area contributed by atoms with E-state index in [2.05, 4.69) is 9.68 Å². The summed E-state index contributed by atoms with van der Waals surface area (Å²) >= 11 is 0. The number of anilines is 1. The molecule has 128 valence electrons. The lowest BCUT2D eigenvalue weighted by Crippen LogP contribution is -2.20. The van der Waals surface area contributed by atoms with E-state index < -0.39 is 9.73 Å². The Bertz CT molecular complexity index is 832. The fourth-order valence-electron chi connectivity index (χ4n) is 2.17. The molecule has 0 aliphatic heterocycles. The van der Waals surface area contributed by atoms with Crippen molar-refractivity contribution in [3.05, 3.63) is 54.1 Å². The second-order valence-corrected chi connectivity index (χ2v) is 8.16. The van der Waals surface area contributed by atoms with Crippen LogP contribution in [0.1, 0.15) is 12.5 Å². The van der Waals surface area contributed by atoms with Gasteiger partial charge in [0.25, 0.3) is 5.91 Å². The van der Waals surface area contributed by atoms with Gasteiger partial charge < -0.3 is 10.1 Å². The van der Waals surface area contributed by atoms with E-state index in [-0.39, 0.29) is 12.5 Å². The van der Waals surface area contributed by atoms with Gasteiger partial charge in [-0.2, -0.15) is 4.36 Å². The summed E-state index contributed by atoms with van der Waals surface area (Å²) in [5.74, 6) is 0.284. The van der Waals surface area contributed by atoms with Crippen molar-refractivity contribution in [1.82, 2.24) is 0 Å². The van der Waals surface area contributed by atoms with Crippen molar-refractivity contribution in [2.75, 3.05) is 24.4 Å². The molecule has 2 rings (SSSR count). The molecule has 0 saturated heterocycles. The van der Waals surface area contributed by atoms with Crippen molar-refractivity contribution < 1.29 is 13.7 Å². The van der Waals surface area contributed by atoms with Crippen LogP contribution in [0.5, 0.6) is 5.75 Å². The highest BCUT2D eigenvalue weighted by Crippen LogP contribution is 2.21. The number of rotatable bonds is 6. The van der Waals surface area contributed by atoms with Gasteiger partial charge in [0.05, 0.1) is 5.69 Å². The zero-order chi connectivity index (χ0) is 17.6. The molecule has 0 fully saturated rings. The van der Waals surface area contributed by atoms with Crippen LogP contribution in [0.3, 0.4) is 0 Å². The summed E-state index contributed by atoms with van der Waals surface area (Å²) < 4.78 is 21.3. The second-order valence-electron chi connectivity index (χ2n) is 5.62. The maximum absolute atomic E-state index is 12.1.